The Balaban J connectivity index is 2.15. The van der Waals surface area contributed by atoms with E-state index in [4.69, 9.17) is 5.73 Å². The van der Waals surface area contributed by atoms with E-state index in [0.717, 1.165) is 17.0 Å². The summed E-state index contributed by atoms with van der Waals surface area (Å²) in [5, 5.41) is 5.80. The summed E-state index contributed by atoms with van der Waals surface area (Å²) >= 11 is 1.54. The van der Waals surface area contributed by atoms with Gasteiger partial charge in [0.1, 0.15) is 10.5 Å². The molecule has 0 spiro atoms. The first-order valence-corrected chi connectivity index (χ1v) is 7.48. The van der Waals surface area contributed by atoms with Crippen molar-refractivity contribution < 1.29 is 4.79 Å². The highest BCUT2D eigenvalue weighted by Crippen LogP contribution is 2.22. The molecule has 2 aromatic rings. The number of hydrogen-bond donors (Lipinski definition) is 2. The molecule has 3 N–H and O–H groups in total. The number of rotatable bonds is 5. The first-order valence-electron chi connectivity index (χ1n) is 6.60. The van der Waals surface area contributed by atoms with Crippen LogP contribution < -0.4 is 11.1 Å². The highest BCUT2D eigenvalue weighted by atomic mass is 32.1. The molecule has 4 nitrogen and oxygen atoms in total. The Kier molecular flexibility index (Phi) is 4.52. The molecule has 0 bridgehead atoms. The summed E-state index contributed by atoms with van der Waals surface area (Å²) in [6, 6.07) is 9.31. The summed E-state index contributed by atoms with van der Waals surface area (Å²) in [6.07, 6.45) is 2.53. The summed E-state index contributed by atoms with van der Waals surface area (Å²) in [4.78, 5) is 16.7. The molecule has 2 unspecified atom stereocenters. The minimum Gasteiger partial charge on any atom is -0.345 e. The van der Waals surface area contributed by atoms with Crippen LogP contribution in [0.4, 0.5) is 0 Å². The molecular weight excluding hydrogens is 270 g/mol. The van der Waals surface area contributed by atoms with Gasteiger partial charge >= 0.3 is 0 Å². The lowest BCUT2D eigenvalue weighted by atomic mass is 9.92. The molecule has 0 radical (unpaired) electrons. The van der Waals surface area contributed by atoms with Gasteiger partial charge in [-0.15, -0.1) is 11.3 Å². The van der Waals surface area contributed by atoms with Crippen LogP contribution in [0.25, 0.3) is 0 Å². The second-order valence-corrected chi connectivity index (χ2v) is 5.80. The highest BCUT2D eigenvalue weighted by Gasteiger charge is 2.32. The van der Waals surface area contributed by atoms with Crippen molar-refractivity contribution in [1.29, 1.82) is 0 Å². The van der Waals surface area contributed by atoms with Crippen LogP contribution in [-0.2, 0) is 10.3 Å². The maximum Gasteiger partial charge on any atom is 0.244 e. The number of benzene rings is 1. The number of carbonyl (C=O) groups is 1. The minimum absolute atomic E-state index is 0.0888. The zero-order chi connectivity index (χ0) is 14.6. The fourth-order valence-corrected chi connectivity index (χ4v) is 2.74. The normalized spacial score (nSPS) is 15.3. The Morgan fingerprint density at radius 3 is 2.70 bits per heavy atom. The van der Waals surface area contributed by atoms with Crippen LogP contribution in [-0.4, -0.2) is 10.9 Å². The second kappa shape index (κ2) is 6.15. The van der Waals surface area contributed by atoms with Gasteiger partial charge in [-0.05, 0) is 18.9 Å². The molecule has 1 aromatic carbocycles. The minimum atomic E-state index is -1.05. The molecule has 0 aliphatic rings. The molecule has 5 heteroatoms. The second-order valence-electron chi connectivity index (χ2n) is 4.87. The fraction of sp³-hybridized carbons (Fsp3) is 0.333. The van der Waals surface area contributed by atoms with Crippen LogP contribution in [0.2, 0.25) is 0 Å². The van der Waals surface area contributed by atoms with Crippen molar-refractivity contribution in [2.45, 2.75) is 31.8 Å². The Labute approximate surface area is 123 Å². The first-order chi connectivity index (χ1) is 9.55. The van der Waals surface area contributed by atoms with Crippen molar-refractivity contribution in [3.63, 3.8) is 0 Å². The van der Waals surface area contributed by atoms with Gasteiger partial charge in [0, 0.05) is 11.6 Å². The van der Waals surface area contributed by atoms with Gasteiger partial charge in [0.05, 0.1) is 6.04 Å². The van der Waals surface area contributed by atoms with Crippen LogP contribution in [0.3, 0.4) is 0 Å². The van der Waals surface area contributed by atoms with Crippen LogP contribution >= 0.6 is 11.3 Å². The van der Waals surface area contributed by atoms with Gasteiger partial charge in [0.2, 0.25) is 5.91 Å². The number of carbonyl (C=O) groups excluding carboxylic acids is 1. The summed E-state index contributed by atoms with van der Waals surface area (Å²) in [6.45, 7) is 3.74. The molecule has 2 atom stereocenters. The van der Waals surface area contributed by atoms with Gasteiger partial charge in [-0.3, -0.25) is 4.79 Å². The number of nitrogens with zero attached hydrogens (tertiary/aromatic N) is 1. The van der Waals surface area contributed by atoms with Gasteiger partial charge in [-0.2, -0.15) is 0 Å². The monoisotopic (exact) mass is 289 g/mol. The van der Waals surface area contributed by atoms with Crippen LogP contribution in [0.5, 0.6) is 0 Å². The lowest BCUT2D eigenvalue weighted by Crippen LogP contribution is -2.49. The smallest absolute Gasteiger partial charge is 0.244 e. The van der Waals surface area contributed by atoms with Gasteiger partial charge in [0.15, 0.2) is 0 Å². The molecule has 1 heterocycles. The van der Waals surface area contributed by atoms with Crippen molar-refractivity contribution >= 4 is 17.2 Å². The van der Waals surface area contributed by atoms with Crippen molar-refractivity contribution in [2.75, 3.05) is 0 Å². The van der Waals surface area contributed by atoms with Crippen LogP contribution in [0.15, 0.2) is 41.9 Å². The van der Waals surface area contributed by atoms with Crippen molar-refractivity contribution in [3.05, 3.63) is 52.5 Å². The quantitative estimate of drug-likeness (QED) is 0.889. The molecule has 0 saturated carbocycles. The summed E-state index contributed by atoms with van der Waals surface area (Å²) in [5.41, 5.74) is 5.96. The first kappa shape index (κ1) is 14.7. The molecule has 1 amide bonds. The predicted molar refractivity (Wildman–Crippen MR) is 81.3 cm³/mol. The number of nitrogens with one attached hydrogen (secondary N) is 1. The molecule has 0 fully saturated rings. The van der Waals surface area contributed by atoms with Gasteiger partial charge in [-0.1, -0.05) is 37.3 Å². The van der Waals surface area contributed by atoms with E-state index in [1.165, 1.54) is 11.3 Å². The number of thiazole rings is 1. The average Bonchev–Trinajstić information content (AvgIpc) is 2.99. The molecule has 0 aliphatic heterocycles. The van der Waals surface area contributed by atoms with Crippen molar-refractivity contribution in [3.8, 4) is 0 Å². The molecule has 20 heavy (non-hydrogen) atoms. The zero-order valence-corrected chi connectivity index (χ0v) is 12.5. The molecule has 0 aliphatic carbocycles. The highest BCUT2D eigenvalue weighted by molar-refractivity contribution is 7.09. The number of amides is 1. The van der Waals surface area contributed by atoms with Gasteiger partial charge < -0.3 is 11.1 Å². The molecular formula is C15H19N3OS. The van der Waals surface area contributed by atoms with E-state index >= 15 is 0 Å². The molecule has 0 saturated heterocycles. The van der Waals surface area contributed by atoms with Crippen molar-refractivity contribution in [1.82, 2.24) is 10.3 Å². The van der Waals surface area contributed by atoms with Crippen molar-refractivity contribution in [2.24, 2.45) is 5.73 Å². The Bertz CT molecular complexity index is 552. The van der Waals surface area contributed by atoms with E-state index in [1.807, 2.05) is 42.6 Å². The topological polar surface area (TPSA) is 68.0 Å². The summed E-state index contributed by atoms with van der Waals surface area (Å²) < 4.78 is 0. The molecule has 2 rings (SSSR count). The lowest BCUT2D eigenvalue weighted by Gasteiger charge is -2.26. The molecule has 1 aromatic heterocycles. The van der Waals surface area contributed by atoms with Gasteiger partial charge in [-0.25, -0.2) is 4.98 Å². The third kappa shape index (κ3) is 3.05. The van der Waals surface area contributed by atoms with E-state index in [1.54, 1.807) is 13.1 Å². The summed E-state index contributed by atoms with van der Waals surface area (Å²) in [7, 11) is 0. The number of nitrogens with two attached hydrogens (primary N) is 1. The molecule has 106 valence electrons. The SMILES string of the molecule is CCC(NC(=O)C(C)(N)c1ccccc1)c1nccs1. The van der Waals surface area contributed by atoms with E-state index in [-0.39, 0.29) is 11.9 Å². The van der Waals surface area contributed by atoms with E-state index in [9.17, 15) is 4.79 Å². The summed E-state index contributed by atoms with van der Waals surface area (Å²) in [5.74, 6) is -0.189. The Hall–Kier alpha value is -1.72. The van der Waals surface area contributed by atoms with E-state index in [2.05, 4.69) is 10.3 Å². The maximum atomic E-state index is 12.5. The average molecular weight is 289 g/mol. The largest absolute Gasteiger partial charge is 0.345 e. The number of hydrogen-bond acceptors (Lipinski definition) is 4. The predicted octanol–water partition coefficient (Wildman–Crippen LogP) is 2.58. The number of aromatic nitrogens is 1. The Morgan fingerprint density at radius 2 is 2.15 bits per heavy atom. The third-order valence-electron chi connectivity index (χ3n) is 3.31. The standard InChI is InChI=1S/C15H19N3OS/c1-3-12(13-17-9-10-20-13)18-14(19)15(2,16)11-7-5-4-6-8-11/h4-10,12H,3,16H2,1-2H3,(H,18,19). The third-order valence-corrected chi connectivity index (χ3v) is 4.20. The van der Waals surface area contributed by atoms with Gasteiger partial charge in [0.25, 0.3) is 0 Å². The van der Waals surface area contributed by atoms with E-state index < -0.39 is 5.54 Å². The van der Waals surface area contributed by atoms with E-state index in [0.29, 0.717) is 0 Å². The lowest BCUT2D eigenvalue weighted by molar-refractivity contribution is -0.126. The Morgan fingerprint density at radius 1 is 1.45 bits per heavy atom. The van der Waals surface area contributed by atoms with Crippen LogP contribution in [0.1, 0.15) is 36.9 Å². The van der Waals surface area contributed by atoms with Crippen LogP contribution in [0, 0.1) is 0 Å². The zero-order valence-electron chi connectivity index (χ0n) is 11.7. The fourth-order valence-electron chi connectivity index (χ4n) is 1.97. The maximum absolute atomic E-state index is 12.5.